The molecule has 0 radical (unpaired) electrons. The zero-order valence-electron chi connectivity index (χ0n) is 12.5. The molecule has 2 rings (SSSR count). The van der Waals surface area contributed by atoms with Gasteiger partial charge in [-0.2, -0.15) is 0 Å². The number of nitrogens with one attached hydrogen (secondary N) is 1. The SMILES string of the molecule is CC1(C)CCCN1C(=O)NC(CC(=O)O)c1ccccc1. The first kappa shape index (κ1) is 15.4. The molecule has 114 valence electrons. The summed E-state index contributed by atoms with van der Waals surface area (Å²) < 4.78 is 0. The van der Waals surface area contributed by atoms with Gasteiger partial charge in [0.05, 0.1) is 12.5 Å². The van der Waals surface area contributed by atoms with Crippen LogP contribution in [0.3, 0.4) is 0 Å². The molecular weight excluding hydrogens is 268 g/mol. The Kier molecular flexibility index (Phi) is 4.50. The maximum absolute atomic E-state index is 12.4. The minimum atomic E-state index is -0.926. The Bertz CT molecular complexity index is 514. The molecule has 1 unspecified atom stereocenters. The number of urea groups is 1. The summed E-state index contributed by atoms with van der Waals surface area (Å²) in [4.78, 5) is 25.3. The van der Waals surface area contributed by atoms with Gasteiger partial charge in [-0.25, -0.2) is 4.79 Å². The van der Waals surface area contributed by atoms with E-state index in [1.807, 2.05) is 44.2 Å². The number of amides is 2. The highest BCUT2D eigenvalue weighted by atomic mass is 16.4. The lowest BCUT2D eigenvalue weighted by Crippen LogP contribution is -2.49. The average Bonchev–Trinajstić information content (AvgIpc) is 2.78. The molecule has 1 aromatic carbocycles. The van der Waals surface area contributed by atoms with Gasteiger partial charge in [-0.05, 0) is 32.3 Å². The summed E-state index contributed by atoms with van der Waals surface area (Å²) in [6.45, 7) is 4.79. The second kappa shape index (κ2) is 6.16. The lowest BCUT2D eigenvalue weighted by Gasteiger charge is -2.33. The maximum Gasteiger partial charge on any atom is 0.318 e. The number of benzene rings is 1. The van der Waals surface area contributed by atoms with Crippen LogP contribution < -0.4 is 5.32 Å². The van der Waals surface area contributed by atoms with Gasteiger partial charge < -0.3 is 15.3 Å². The van der Waals surface area contributed by atoms with Crippen LogP contribution in [0, 0.1) is 0 Å². The van der Waals surface area contributed by atoms with Crippen molar-refractivity contribution in [2.75, 3.05) is 6.54 Å². The van der Waals surface area contributed by atoms with E-state index in [1.165, 1.54) is 0 Å². The second-order valence-electron chi connectivity index (χ2n) is 6.08. The molecule has 0 saturated carbocycles. The van der Waals surface area contributed by atoms with Crippen molar-refractivity contribution < 1.29 is 14.7 Å². The van der Waals surface area contributed by atoms with Gasteiger partial charge in [0.1, 0.15) is 0 Å². The van der Waals surface area contributed by atoms with Gasteiger partial charge in [0, 0.05) is 12.1 Å². The molecule has 1 aromatic rings. The molecule has 1 fully saturated rings. The van der Waals surface area contributed by atoms with Crippen LogP contribution in [0.25, 0.3) is 0 Å². The van der Waals surface area contributed by atoms with Crippen LogP contribution >= 0.6 is 0 Å². The summed E-state index contributed by atoms with van der Waals surface area (Å²) >= 11 is 0. The fourth-order valence-electron chi connectivity index (χ4n) is 2.82. The highest BCUT2D eigenvalue weighted by Gasteiger charge is 2.36. The van der Waals surface area contributed by atoms with E-state index in [1.54, 1.807) is 4.90 Å². The lowest BCUT2D eigenvalue weighted by molar-refractivity contribution is -0.137. The summed E-state index contributed by atoms with van der Waals surface area (Å²) in [5, 5.41) is 11.9. The molecule has 1 atom stereocenters. The van der Waals surface area contributed by atoms with Crippen molar-refractivity contribution in [3.63, 3.8) is 0 Å². The molecule has 2 amide bonds. The van der Waals surface area contributed by atoms with Gasteiger partial charge in [-0.3, -0.25) is 4.79 Å². The fourth-order valence-corrected chi connectivity index (χ4v) is 2.82. The van der Waals surface area contributed by atoms with Gasteiger partial charge in [-0.15, -0.1) is 0 Å². The summed E-state index contributed by atoms with van der Waals surface area (Å²) in [7, 11) is 0. The highest BCUT2D eigenvalue weighted by molar-refractivity contribution is 5.77. The zero-order chi connectivity index (χ0) is 15.5. The van der Waals surface area contributed by atoms with E-state index in [-0.39, 0.29) is 18.0 Å². The second-order valence-corrected chi connectivity index (χ2v) is 6.08. The van der Waals surface area contributed by atoms with Gasteiger partial charge in [-0.1, -0.05) is 30.3 Å². The first-order valence-corrected chi connectivity index (χ1v) is 7.25. The molecule has 5 nitrogen and oxygen atoms in total. The van der Waals surface area contributed by atoms with Crippen LogP contribution in [0.1, 0.15) is 44.7 Å². The number of hydrogen-bond acceptors (Lipinski definition) is 2. The van der Waals surface area contributed by atoms with Crippen LogP contribution in [0.15, 0.2) is 30.3 Å². The van der Waals surface area contributed by atoms with E-state index in [0.717, 1.165) is 18.4 Å². The summed E-state index contributed by atoms with van der Waals surface area (Å²) in [6.07, 6.45) is 1.83. The molecule has 1 heterocycles. The molecule has 0 aliphatic carbocycles. The first-order chi connectivity index (χ1) is 9.90. The molecule has 2 N–H and O–H groups in total. The van der Waals surface area contributed by atoms with E-state index in [2.05, 4.69) is 5.32 Å². The monoisotopic (exact) mass is 290 g/mol. The quantitative estimate of drug-likeness (QED) is 0.896. The third-order valence-electron chi connectivity index (χ3n) is 4.02. The van der Waals surface area contributed by atoms with E-state index in [0.29, 0.717) is 6.54 Å². The Hall–Kier alpha value is -2.04. The number of carboxylic acid groups (broad SMARTS) is 1. The van der Waals surface area contributed by atoms with E-state index >= 15 is 0 Å². The molecule has 1 aliphatic rings. The van der Waals surface area contributed by atoms with Crippen LogP contribution in [0.4, 0.5) is 4.79 Å². The van der Waals surface area contributed by atoms with Crippen molar-refractivity contribution in [1.82, 2.24) is 10.2 Å². The summed E-state index contributed by atoms with van der Waals surface area (Å²) in [6, 6.07) is 8.53. The third-order valence-corrected chi connectivity index (χ3v) is 4.02. The molecule has 1 saturated heterocycles. The van der Waals surface area contributed by atoms with Crippen molar-refractivity contribution in [3.8, 4) is 0 Å². The molecule has 0 bridgehead atoms. The number of rotatable bonds is 4. The van der Waals surface area contributed by atoms with E-state index < -0.39 is 12.0 Å². The molecule has 1 aliphatic heterocycles. The topological polar surface area (TPSA) is 69.6 Å². The Morgan fingerprint density at radius 1 is 1.33 bits per heavy atom. The summed E-state index contributed by atoms with van der Waals surface area (Å²) in [5.74, 6) is -0.926. The minimum Gasteiger partial charge on any atom is -0.481 e. The molecular formula is C16H22N2O3. The molecule has 0 spiro atoms. The van der Waals surface area contributed by atoms with Gasteiger partial charge in [0.2, 0.25) is 0 Å². The number of likely N-dealkylation sites (tertiary alicyclic amines) is 1. The van der Waals surface area contributed by atoms with E-state index in [4.69, 9.17) is 5.11 Å². The predicted octanol–water partition coefficient (Wildman–Crippen LogP) is 2.79. The fraction of sp³-hybridized carbons (Fsp3) is 0.500. The minimum absolute atomic E-state index is 0.121. The third kappa shape index (κ3) is 3.74. The molecule has 21 heavy (non-hydrogen) atoms. The Balaban J connectivity index is 2.12. The smallest absolute Gasteiger partial charge is 0.318 e. The largest absolute Gasteiger partial charge is 0.481 e. The zero-order valence-corrected chi connectivity index (χ0v) is 12.5. The van der Waals surface area contributed by atoms with Crippen molar-refractivity contribution >= 4 is 12.0 Å². The number of carbonyl (C=O) groups excluding carboxylic acids is 1. The Morgan fingerprint density at radius 3 is 2.52 bits per heavy atom. The van der Waals surface area contributed by atoms with Crippen molar-refractivity contribution in [1.29, 1.82) is 0 Å². The number of aliphatic carboxylic acids is 1. The van der Waals surface area contributed by atoms with Gasteiger partial charge in [0.25, 0.3) is 0 Å². The van der Waals surface area contributed by atoms with Crippen LogP contribution in [0.5, 0.6) is 0 Å². The van der Waals surface area contributed by atoms with Gasteiger partial charge in [0.15, 0.2) is 0 Å². The van der Waals surface area contributed by atoms with Crippen LogP contribution in [-0.4, -0.2) is 34.1 Å². The standard InChI is InChI=1S/C16H22N2O3/c1-16(2)9-6-10-18(16)15(21)17-13(11-14(19)20)12-7-4-3-5-8-12/h3-5,7-8,13H,6,9-11H2,1-2H3,(H,17,21)(H,19,20). The van der Waals surface area contributed by atoms with Crippen molar-refractivity contribution in [2.45, 2.75) is 44.7 Å². The lowest BCUT2D eigenvalue weighted by atomic mass is 10.0. The maximum atomic E-state index is 12.4. The number of nitrogens with zero attached hydrogens (tertiary/aromatic N) is 1. The van der Waals surface area contributed by atoms with Crippen molar-refractivity contribution in [2.24, 2.45) is 0 Å². The molecule has 0 aromatic heterocycles. The molecule has 5 heteroatoms. The number of hydrogen-bond donors (Lipinski definition) is 2. The van der Waals surface area contributed by atoms with E-state index in [9.17, 15) is 9.59 Å². The van der Waals surface area contributed by atoms with Crippen molar-refractivity contribution in [3.05, 3.63) is 35.9 Å². The number of carboxylic acids is 1. The first-order valence-electron chi connectivity index (χ1n) is 7.25. The Labute approximate surface area is 125 Å². The van der Waals surface area contributed by atoms with Gasteiger partial charge >= 0.3 is 12.0 Å². The highest BCUT2D eigenvalue weighted by Crippen LogP contribution is 2.29. The average molecular weight is 290 g/mol. The summed E-state index contributed by atoms with van der Waals surface area (Å²) in [5.41, 5.74) is 0.638. The predicted molar refractivity (Wildman–Crippen MR) is 80.0 cm³/mol. The Morgan fingerprint density at radius 2 is 2.00 bits per heavy atom. The normalized spacial score (nSPS) is 18.3. The van der Waals surface area contributed by atoms with Crippen LogP contribution in [-0.2, 0) is 4.79 Å². The number of carbonyl (C=O) groups is 2. The van der Waals surface area contributed by atoms with Crippen LogP contribution in [0.2, 0.25) is 0 Å².